The topological polar surface area (TPSA) is 31.2 Å². The molecule has 0 amide bonds. The summed E-state index contributed by atoms with van der Waals surface area (Å²) in [5, 5.41) is 0. The lowest BCUT2D eigenvalue weighted by atomic mass is 10.2. The molecular weight excluding hydrogens is 306 g/mol. The van der Waals surface area contributed by atoms with Crippen LogP contribution in [-0.4, -0.2) is 29.8 Å². The highest BCUT2D eigenvalue weighted by Crippen LogP contribution is 2.25. The van der Waals surface area contributed by atoms with Crippen molar-refractivity contribution < 1.29 is 9.53 Å². The molecule has 0 fully saturated rings. The number of rotatable bonds is 7. The van der Waals surface area contributed by atoms with Gasteiger partial charge in [0.15, 0.2) is 5.78 Å². The normalized spacial score (nSPS) is 11.0. The summed E-state index contributed by atoms with van der Waals surface area (Å²) in [5.41, 5.74) is 5.42. The van der Waals surface area contributed by atoms with E-state index < -0.39 is 0 Å². The first kappa shape index (κ1) is 17.8. The van der Waals surface area contributed by atoms with Gasteiger partial charge in [-0.3, -0.25) is 4.79 Å². The number of thioether (sulfide) groups is 1. The minimum absolute atomic E-state index is 0.188. The molecule has 0 spiro atoms. The van der Waals surface area contributed by atoms with Crippen LogP contribution in [0.3, 0.4) is 0 Å². The Labute approximate surface area is 143 Å². The standard InChI is InChI=1S/C19H25NO2S/c1-13-6-7-14(2)19(10-13)23-12-18(21)17-11-15(3)20(16(17)4)8-9-22-5/h6-7,10-11H,8-9,12H2,1-5H3. The van der Waals surface area contributed by atoms with Crippen LogP contribution in [0.25, 0.3) is 0 Å². The molecule has 4 heteroatoms. The minimum atomic E-state index is 0.188. The number of hydrogen-bond acceptors (Lipinski definition) is 3. The van der Waals surface area contributed by atoms with Crippen LogP contribution in [0.2, 0.25) is 0 Å². The Morgan fingerprint density at radius 3 is 2.61 bits per heavy atom. The number of ketones is 1. The van der Waals surface area contributed by atoms with Crippen LogP contribution in [0.15, 0.2) is 29.2 Å². The number of benzene rings is 1. The Kier molecular flexibility index (Phi) is 6.08. The molecule has 1 aromatic heterocycles. The van der Waals surface area contributed by atoms with Crippen molar-refractivity contribution in [3.05, 3.63) is 52.3 Å². The van der Waals surface area contributed by atoms with Crippen LogP contribution in [0.5, 0.6) is 0 Å². The zero-order valence-corrected chi connectivity index (χ0v) is 15.4. The number of carbonyl (C=O) groups excluding carboxylic acids is 1. The van der Waals surface area contributed by atoms with E-state index in [0.717, 1.165) is 23.5 Å². The van der Waals surface area contributed by atoms with E-state index in [2.05, 4.69) is 36.6 Å². The van der Waals surface area contributed by atoms with Crippen molar-refractivity contribution in [2.75, 3.05) is 19.5 Å². The van der Waals surface area contributed by atoms with E-state index in [-0.39, 0.29) is 5.78 Å². The highest BCUT2D eigenvalue weighted by atomic mass is 32.2. The molecule has 0 saturated heterocycles. The van der Waals surface area contributed by atoms with Crippen LogP contribution < -0.4 is 0 Å². The van der Waals surface area contributed by atoms with E-state index in [4.69, 9.17) is 4.74 Å². The minimum Gasteiger partial charge on any atom is -0.383 e. The Morgan fingerprint density at radius 2 is 1.91 bits per heavy atom. The van der Waals surface area contributed by atoms with Crippen molar-refractivity contribution in [1.29, 1.82) is 0 Å². The van der Waals surface area contributed by atoms with Crippen molar-refractivity contribution in [2.24, 2.45) is 0 Å². The second-order valence-corrected chi connectivity index (χ2v) is 6.93. The Morgan fingerprint density at radius 1 is 1.17 bits per heavy atom. The third-order valence-electron chi connectivity index (χ3n) is 4.10. The molecule has 0 radical (unpaired) electrons. The zero-order chi connectivity index (χ0) is 17.0. The molecule has 0 aliphatic rings. The maximum Gasteiger partial charge on any atom is 0.174 e. The van der Waals surface area contributed by atoms with Gasteiger partial charge in [0.1, 0.15) is 0 Å². The molecule has 3 nitrogen and oxygen atoms in total. The van der Waals surface area contributed by atoms with Crippen LogP contribution in [0.1, 0.15) is 32.9 Å². The Balaban J connectivity index is 2.10. The van der Waals surface area contributed by atoms with E-state index >= 15 is 0 Å². The molecule has 0 atom stereocenters. The van der Waals surface area contributed by atoms with E-state index in [9.17, 15) is 4.79 Å². The summed E-state index contributed by atoms with van der Waals surface area (Å²) in [5.74, 6) is 0.659. The van der Waals surface area contributed by atoms with Gasteiger partial charge >= 0.3 is 0 Å². The summed E-state index contributed by atoms with van der Waals surface area (Å²) >= 11 is 1.62. The summed E-state index contributed by atoms with van der Waals surface area (Å²) in [6.07, 6.45) is 0. The average Bonchev–Trinajstić information content (AvgIpc) is 2.80. The molecule has 23 heavy (non-hydrogen) atoms. The van der Waals surface area contributed by atoms with Gasteiger partial charge in [0.25, 0.3) is 0 Å². The third kappa shape index (κ3) is 4.27. The maximum absolute atomic E-state index is 12.6. The van der Waals surface area contributed by atoms with Gasteiger partial charge in [0.05, 0.1) is 12.4 Å². The average molecular weight is 331 g/mol. The molecule has 2 aromatic rings. The first-order chi connectivity index (χ1) is 10.9. The molecule has 124 valence electrons. The highest BCUT2D eigenvalue weighted by molar-refractivity contribution is 8.00. The smallest absolute Gasteiger partial charge is 0.174 e. The molecular formula is C19H25NO2S. The number of aryl methyl sites for hydroxylation is 3. The molecule has 0 aliphatic carbocycles. The largest absolute Gasteiger partial charge is 0.383 e. The summed E-state index contributed by atoms with van der Waals surface area (Å²) in [4.78, 5) is 13.8. The Bertz CT molecular complexity index is 704. The highest BCUT2D eigenvalue weighted by Gasteiger charge is 2.16. The fourth-order valence-corrected chi connectivity index (χ4v) is 3.70. The lowest BCUT2D eigenvalue weighted by Gasteiger charge is -2.09. The van der Waals surface area contributed by atoms with Crippen molar-refractivity contribution >= 4 is 17.5 Å². The molecule has 0 unspecified atom stereocenters. The van der Waals surface area contributed by atoms with E-state index in [1.165, 1.54) is 16.0 Å². The van der Waals surface area contributed by atoms with Crippen LogP contribution in [0, 0.1) is 27.7 Å². The van der Waals surface area contributed by atoms with Gasteiger partial charge in [-0.15, -0.1) is 11.8 Å². The van der Waals surface area contributed by atoms with Gasteiger partial charge in [-0.2, -0.15) is 0 Å². The SMILES string of the molecule is COCCn1c(C)cc(C(=O)CSc2cc(C)ccc2C)c1C. The monoisotopic (exact) mass is 331 g/mol. The predicted octanol–water partition coefficient (Wildman–Crippen LogP) is 4.34. The number of carbonyl (C=O) groups is 1. The number of aromatic nitrogens is 1. The number of methoxy groups -OCH3 is 1. The van der Waals surface area contributed by atoms with Gasteiger partial charge in [-0.1, -0.05) is 17.7 Å². The van der Waals surface area contributed by atoms with Crippen molar-refractivity contribution in [3.8, 4) is 0 Å². The quantitative estimate of drug-likeness (QED) is 0.558. The number of Topliss-reactive ketones (excluding diaryl/α,β-unsaturated/α-hetero) is 1. The van der Waals surface area contributed by atoms with Gasteiger partial charge < -0.3 is 9.30 Å². The van der Waals surface area contributed by atoms with E-state index in [1.54, 1.807) is 18.9 Å². The molecule has 0 saturated carbocycles. The first-order valence-corrected chi connectivity index (χ1v) is 8.81. The molecule has 0 aliphatic heterocycles. The zero-order valence-electron chi connectivity index (χ0n) is 14.6. The second kappa shape index (κ2) is 7.84. The number of ether oxygens (including phenoxy) is 1. The molecule has 0 N–H and O–H groups in total. The van der Waals surface area contributed by atoms with Crippen molar-refractivity contribution in [3.63, 3.8) is 0 Å². The number of nitrogens with zero attached hydrogens (tertiary/aromatic N) is 1. The summed E-state index contributed by atoms with van der Waals surface area (Å²) in [7, 11) is 1.70. The molecule has 2 rings (SSSR count). The van der Waals surface area contributed by atoms with Crippen molar-refractivity contribution in [1.82, 2.24) is 4.57 Å². The lowest BCUT2D eigenvalue weighted by molar-refractivity contribution is 0.102. The number of hydrogen-bond donors (Lipinski definition) is 0. The summed E-state index contributed by atoms with van der Waals surface area (Å²) in [6.45, 7) is 9.65. The van der Waals surface area contributed by atoms with Gasteiger partial charge in [-0.25, -0.2) is 0 Å². The molecule has 1 aromatic carbocycles. The van der Waals surface area contributed by atoms with Gasteiger partial charge in [0.2, 0.25) is 0 Å². The van der Waals surface area contributed by atoms with Crippen LogP contribution in [0.4, 0.5) is 0 Å². The fourth-order valence-electron chi connectivity index (χ4n) is 2.69. The van der Waals surface area contributed by atoms with Gasteiger partial charge in [0, 0.05) is 35.5 Å². The second-order valence-electron chi connectivity index (χ2n) is 5.91. The van der Waals surface area contributed by atoms with Gasteiger partial charge in [-0.05, 0) is 45.4 Å². The Hall–Kier alpha value is -1.52. The van der Waals surface area contributed by atoms with E-state index in [1.807, 2.05) is 19.9 Å². The fraction of sp³-hybridized carbons (Fsp3) is 0.421. The first-order valence-electron chi connectivity index (χ1n) is 7.83. The third-order valence-corrected chi connectivity index (χ3v) is 5.25. The van der Waals surface area contributed by atoms with Crippen molar-refractivity contribution in [2.45, 2.75) is 39.1 Å². The van der Waals surface area contributed by atoms with Crippen LogP contribution in [-0.2, 0) is 11.3 Å². The van der Waals surface area contributed by atoms with Crippen LogP contribution >= 0.6 is 11.8 Å². The summed E-state index contributed by atoms with van der Waals surface area (Å²) < 4.78 is 7.30. The maximum atomic E-state index is 12.6. The molecule has 1 heterocycles. The van der Waals surface area contributed by atoms with E-state index in [0.29, 0.717) is 12.4 Å². The predicted molar refractivity (Wildman–Crippen MR) is 96.8 cm³/mol. The lowest BCUT2D eigenvalue weighted by Crippen LogP contribution is -2.09. The summed E-state index contributed by atoms with van der Waals surface area (Å²) in [6, 6.07) is 8.36. The molecule has 0 bridgehead atoms.